The summed E-state index contributed by atoms with van der Waals surface area (Å²) in [5.74, 6) is -0.401. The van der Waals surface area contributed by atoms with Crippen LogP contribution in [0.5, 0.6) is 0 Å². The molecule has 0 unspecified atom stereocenters. The molecule has 7 heteroatoms. The van der Waals surface area contributed by atoms with Crippen molar-refractivity contribution < 1.29 is 9.90 Å². The van der Waals surface area contributed by atoms with Gasteiger partial charge in [-0.15, -0.1) is 0 Å². The molecule has 0 saturated heterocycles. The first kappa shape index (κ1) is 17.7. The highest BCUT2D eigenvalue weighted by molar-refractivity contribution is 6.04. The van der Waals surface area contributed by atoms with Gasteiger partial charge < -0.3 is 15.0 Å². The highest BCUT2D eigenvalue weighted by Gasteiger charge is 2.18. The number of aliphatic hydroxyl groups excluding tert-OH is 1. The molecule has 1 aliphatic rings. The lowest BCUT2D eigenvalue weighted by molar-refractivity contribution is -0.123. The van der Waals surface area contributed by atoms with E-state index in [9.17, 15) is 9.59 Å². The molecule has 0 atom stereocenters. The van der Waals surface area contributed by atoms with Crippen LogP contribution in [0.2, 0.25) is 0 Å². The van der Waals surface area contributed by atoms with Crippen LogP contribution in [-0.2, 0) is 24.2 Å². The maximum Gasteiger partial charge on any atom is 0.262 e. The van der Waals surface area contributed by atoms with Gasteiger partial charge >= 0.3 is 0 Å². The quantitative estimate of drug-likeness (QED) is 0.595. The number of nitrogens with zero attached hydrogens (tertiary/aromatic N) is 2. The minimum absolute atomic E-state index is 0.0482. The number of H-pyrrole nitrogens is 1. The van der Waals surface area contributed by atoms with Crippen LogP contribution in [0, 0.1) is 6.92 Å². The van der Waals surface area contributed by atoms with E-state index < -0.39 is 12.5 Å². The molecule has 0 fully saturated rings. The van der Waals surface area contributed by atoms with Crippen LogP contribution < -0.4 is 10.9 Å². The van der Waals surface area contributed by atoms with Crippen molar-refractivity contribution in [2.75, 3.05) is 13.2 Å². The lowest BCUT2D eigenvalue weighted by Gasteiger charge is -2.19. The van der Waals surface area contributed by atoms with Crippen LogP contribution >= 0.6 is 0 Å². The topological polar surface area (TPSA) is 100 Å². The molecule has 27 heavy (non-hydrogen) atoms. The fraction of sp³-hybridized carbons (Fsp3) is 0.450. The summed E-state index contributed by atoms with van der Waals surface area (Å²) in [6, 6.07) is 4.36. The van der Waals surface area contributed by atoms with Crippen molar-refractivity contribution in [3.63, 3.8) is 0 Å². The molecule has 2 heterocycles. The number of aromatic amines is 1. The predicted molar refractivity (Wildman–Crippen MR) is 104 cm³/mol. The van der Waals surface area contributed by atoms with E-state index in [1.54, 1.807) is 4.57 Å². The fourth-order valence-electron chi connectivity index (χ4n) is 4.06. The summed E-state index contributed by atoms with van der Waals surface area (Å²) in [4.78, 5) is 24.4. The highest BCUT2D eigenvalue weighted by Crippen LogP contribution is 2.30. The summed E-state index contributed by atoms with van der Waals surface area (Å²) in [7, 11) is 0. The van der Waals surface area contributed by atoms with Crippen molar-refractivity contribution >= 4 is 27.7 Å². The van der Waals surface area contributed by atoms with Crippen molar-refractivity contribution in [2.24, 2.45) is 0 Å². The van der Waals surface area contributed by atoms with Crippen molar-refractivity contribution in [2.45, 2.75) is 45.6 Å². The van der Waals surface area contributed by atoms with Crippen molar-refractivity contribution in [3.8, 4) is 0 Å². The summed E-state index contributed by atoms with van der Waals surface area (Å²) in [5, 5.41) is 20.4. The largest absolute Gasteiger partial charge is 0.387 e. The number of hydrogen-bond donors (Lipinski definition) is 3. The Kier molecular flexibility index (Phi) is 4.70. The molecule has 7 nitrogen and oxygen atoms in total. The SMILES string of the molecule is Cc1[nH]nc2c1c(=O)n(CCCNC(=O)CO)c1cc3c(cc21)CCCC3. The van der Waals surface area contributed by atoms with Gasteiger partial charge in [0, 0.05) is 24.2 Å². The second-order valence-corrected chi connectivity index (χ2v) is 7.24. The van der Waals surface area contributed by atoms with Crippen molar-refractivity contribution in [3.05, 3.63) is 39.3 Å². The lowest BCUT2D eigenvalue weighted by atomic mass is 9.90. The van der Waals surface area contributed by atoms with Crippen LogP contribution in [0.4, 0.5) is 0 Å². The third-order valence-corrected chi connectivity index (χ3v) is 5.44. The molecule has 1 aliphatic carbocycles. The zero-order valence-electron chi connectivity index (χ0n) is 15.5. The average Bonchev–Trinajstić information content (AvgIpc) is 3.07. The molecule has 1 aromatic carbocycles. The predicted octanol–water partition coefficient (Wildman–Crippen LogP) is 1.56. The smallest absolute Gasteiger partial charge is 0.262 e. The van der Waals surface area contributed by atoms with Gasteiger partial charge in [-0.2, -0.15) is 5.10 Å². The number of aryl methyl sites for hydroxylation is 4. The zero-order chi connectivity index (χ0) is 19.0. The first-order valence-electron chi connectivity index (χ1n) is 9.50. The second-order valence-electron chi connectivity index (χ2n) is 7.24. The Morgan fingerprint density at radius 3 is 2.78 bits per heavy atom. The monoisotopic (exact) mass is 368 g/mol. The minimum Gasteiger partial charge on any atom is -0.387 e. The number of fused-ring (bicyclic) bond motifs is 4. The van der Waals surface area contributed by atoms with E-state index in [1.165, 1.54) is 24.0 Å². The maximum atomic E-state index is 13.2. The molecule has 0 aliphatic heterocycles. The number of carbonyl (C=O) groups excluding carboxylic acids is 1. The van der Waals surface area contributed by atoms with Gasteiger partial charge in [-0.1, -0.05) is 0 Å². The maximum absolute atomic E-state index is 13.2. The summed E-state index contributed by atoms with van der Waals surface area (Å²) in [6.45, 7) is 2.27. The van der Waals surface area contributed by atoms with E-state index in [0.717, 1.165) is 35.0 Å². The molecule has 0 bridgehead atoms. The van der Waals surface area contributed by atoms with E-state index in [4.69, 9.17) is 5.11 Å². The third-order valence-electron chi connectivity index (χ3n) is 5.44. The van der Waals surface area contributed by atoms with Gasteiger partial charge in [-0.25, -0.2) is 0 Å². The third kappa shape index (κ3) is 3.12. The average molecular weight is 368 g/mol. The Morgan fingerprint density at radius 1 is 1.30 bits per heavy atom. The van der Waals surface area contributed by atoms with Crippen LogP contribution in [0.1, 0.15) is 36.1 Å². The van der Waals surface area contributed by atoms with Crippen LogP contribution in [0.15, 0.2) is 16.9 Å². The van der Waals surface area contributed by atoms with E-state index in [2.05, 4.69) is 27.6 Å². The van der Waals surface area contributed by atoms with Crippen molar-refractivity contribution in [1.29, 1.82) is 0 Å². The molecule has 1 amide bonds. The molecular formula is C20H24N4O3. The highest BCUT2D eigenvalue weighted by atomic mass is 16.3. The zero-order valence-corrected chi connectivity index (χ0v) is 15.5. The van der Waals surface area contributed by atoms with Crippen LogP contribution in [0.3, 0.4) is 0 Å². The number of aromatic nitrogens is 3. The molecule has 4 rings (SSSR count). The number of carbonyl (C=O) groups is 1. The van der Waals surface area contributed by atoms with Crippen LogP contribution in [0.25, 0.3) is 21.8 Å². The molecule has 2 aromatic heterocycles. The van der Waals surface area contributed by atoms with Crippen LogP contribution in [-0.4, -0.2) is 38.9 Å². The number of pyridine rings is 1. The number of nitrogens with one attached hydrogen (secondary N) is 2. The summed E-state index contributed by atoms with van der Waals surface area (Å²) in [6.07, 6.45) is 5.11. The Bertz CT molecular complexity index is 1080. The first-order valence-corrected chi connectivity index (χ1v) is 9.50. The summed E-state index contributed by atoms with van der Waals surface area (Å²) >= 11 is 0. The number of aliphatic hydroxyl groups is 1. The van der Waals surface area contributed by atoms with Gasteiger partial charge in [-0.3, -0.25) is 14.7 Å². The normalized spacial score (nSPS) is 13.9. The lowest BCUT2D eigenvalue weighted by Crippen LogP contribution is -2.29. The van der Waals surface area contributed by atoms with E-state index in [0.29, 0.717) is 24.9 Å². The van der Waals surface area contributed by atoms with Crippen molar-refractivity contribution in [1.82, 2.24) is 20.1 Å². The molecule has 0 spiro atoms. The van der Waals surface area contributed by atoms with Gasteiger partial charge in [-0.05, 0) is 62.3 Å². The molecule has 3 N–H and O–H groups in total. The minimum atomic E-state index is -0.519. The summed E-state index contributed by atoms with van der Waals surface area (Å²) in [5.41, 5.74) is 5.06. The van der Waals surface area contributed by atoms with Gasteiger partial charge in [0.05, 0.1) is 10.9 Å². The van der Waals surface area contributed by atoms with E-state index in [1.807, 2.05) is 6.92 Å². The standard InChI is InChI=1S/C20H24N4O3/c1-12-18-19(23-22-12)15-9-13-5-2-3-6-14(13)10-16(15)24(20(18)27)8-4-7-21-17(26)11-25/h9-10,25H,2-8,11H2,1H3,(H,21,26)(H,22,23). The summed E-state index contributed by atoms with van der Waals surface area (Å²) < 4.78 is 1.81. The molecule has 0 radical (unpaired) electrons. The van der Waals surface area contributed by atoms with Gasteiger partial charge in [0.25, 0.3) is 5.56 Å². The van der Waals surface area contributed by atoms with Gasteiger partial charge in [0.1, 0.15) is 12.1 Å². The Hall–Kier alpha value is -2.67. The second kappa shape index (κ2) is 7.15. The number of amides is 1. The number of benzene rings is 1. The fourth-order valence-corrected chi connectivity index (χ4v) is 4.06. The molecular weight excluding hydrogens is 344 g/mol. The Morgan fingerprint density at radius 2 is 2.04 bits per heavy atom. The van der Waals surface area contributed by atoms with Gasteiger partial charge in [0.15, 0.2) is 0 Å². The Balaban J connectivity index is 1.81. The van der Waals surface area contributed by atoms with E-state index >= 15 is 0 Å². The number of rotatable bonds is 5. The van der Waals surface area contributed by atoms with E-state index in [-0.39, 0.29) is 5.56 Å². The molecule has 3 aromatic rings. The first-order chi connectivity index (χ1) is 13.1. The molecule has 142 valence electrons. The Labute approximate surface area is 156 Å². The number of hydrogen-bond acceptors (Lipinski definition) is 4. The van der Waals surface area contributed by atoms with Gasteiger partial charge in [0.2, 0.25) is 5.91 Å². The molecule has 0 saturated carbocycles.